The van der Waals surface area contributed by atoms with Crippen LogP contribution < -0.4 is 5.32 Å². The Labute approximate surface area is 189 Å². The molecule has 0 unspecified atom stereocenters. The molecule has 156 valence electrons. The highest BCUT2D eigenvalue weighted by atomic mass is 35.5. The molecule has 0 aliphatic heterocycles. The quantitative estimate of drug-likeness (QED) is 0.515. The van der Waals surface area contributed by atoms with Crippen LogP contribution in [0.1, 0.15) is 15.9 Å². The molecule has 1 aromatic heterocycles. The molecule has 0 aliphatic carbocycles. The second kappa shape index (κ2) is 10.0. The fraction of sp³-hybridized carbons (Fsp3) is 0.190. The Morgan fingerprint density at radius 2 is 1.87 bits per heavy atom. The van der Waals surface area contributed by atoms with E-state index in [-0.39, 0.29) is 17.6 Å². The lowest BCUT2D eigenvalue weighted by Gasteiger charge is -2.18. The zero-order valence-electron chi connectivity index (χ0n) is 16.4. The van der Waals surface area contributed by atoms with Crippen molar-refractivity contribution < 1.29 is 9.59 Å². The monoisotopic (exact) mass is 462 g/mol. The number of aryl methyl sites for hydroxylation is 1. The standard InChI is InChI=1S/C21H20Cl2N4O2S/c1-26-10-9-24-21(26)30-13-19(28)25-16-6-4-15(5-7-16)20(29)27(2)12-14-3-8-17(22)18(23)11-14/h3-11H,12-13H2,1-2H3,(H,25,28). The summed E-state index contributed by atoms with van der Waals surface area (Å²) in [7, 11) is 3.59. The van der Waals surface area contributed by atoms with Crippen molar-refractivity contribution in [3.05, 3.63) is 76.0 Å². The largest absolute Gasteiger partial charge is 0.337 e. The number of anilines is 1. The molecule has 0 saturated heterocycles. The van der Waals surface area contributed by atoms with Gasteiger partial charge in [-0.1, -0.05) is 41.0 Å². The summed E-state index contributed by atoms with van der Waals surface area (Å²) >= 11 is 13.3. The van der Waals surface area contributed by atoms with Gasteiger partial charge in [-0.3, -0.25) is 9.59 Å². The third-order valence-electron chi connectivity index (χ3n) is 4.28. The molecule has 9 heteroatoms. The number of carbonyl (C=O) groups is 2. The van der Waals surface area contributed by atoms with Crippen LogP contribution in [0.3, 0.4) is 0 Å². The maximum absolute atomic E-state index is 12.7. The van der Waals surface area contributed by atoms with E-state index in [2.05, 4.69) is 10.3 Å². The van der Waals surface area contributed by atoms with Crippen molar-refractivity contribution in [1.82, 2.24) is 14.5 Å². The highest BCUT2D eigenvalue weighted by molar-refractivity contribution is 7.99. The van der Waals surface area contributed by atoms with Crippen molar-refractivity contribution in [3.8, 4) is 0 Å². The maximum atomic E-state index is 12.7. The predicted molar refractivity (Wildman–Crippen MR) is 121 cm³/mol. The van der Waals surface area contributed by atoms with Crippen LogP contribution >= 0.6 is 35.0 Å². The Morgan fingerprint density at radius 3 is 2.50 bits per heavy atom. The molecular weight excluding hydrogens is 443 g/mol. The first-order valence-electron chi connectivity index (χ1n) is 9.03. The van der Waals surface area contributed by atoms with Gasteiger partial charge in [0.15, 0.2) is 5.16 Å². The van der Waals surface area contributed by atoms with Crippen LogP contribution in [0.25, 0.3) is 0 Å². The summed E-state index contributed by atoms with van der Waals surface area (Å²) in [5, 5.41) is 4.53. The molecule has 2 aromatic carbocycles. The van der Waals surface area contributed by atoms with E-state index in [9.17, 15) is 9.59 Å². The minimum Gasteiger partial charge on any atom is -0.337 e. The van der Waals surface area contributed by atoms with Crippen LogP contribution in [0.4, 0.5) is 5.69 Å². The summed E-state index contributed by atoms with van der Waals surface area (Å²) in [5.74, 6) is -0.0270. The van der Waals surface area contributed by atoms with E-state index in [1.54, 1.807) is 54.5 Å². The van der Waals surface area contributed by atoms with Gasteiger partial charge < -0.3 is 14.8 Å². The Balaban J connectivity index is 1.54. The van der Waals surface area contributed by atoms with Gasteiger partial charge in [0.05, 0.1) is 15.8 Å². The molecule has 1 heterocycles. The van der Waals surface area contributed by atoms with Crippen LogP contribution in [-0.4, -0.2) is 39.1 Å². The molecule has 0 aliphatic rings. The third kappa shape index (κ3) is 5.78. The molecule has 0 fully saturated rings. The van der Waals surface area contributed by atoms with Crippen LogP contribution in [0.15, 0.2) is 60.0 Å². The Bertz CT molecular complexity index is 1050. The van der Waals surface area contributed by atoms with Crippen molar-refractivity contribution in [2.45, 2.75) is 11.7 Å². The lowest BCUT2D eigenvalue weighted by molar-refractivity contribution is -0.113. The van der Waals surface area contributed by atoms with Crippen molar-refractivity contribution in [3.63, 3.8) is 0 Å². The first-order chi connectivity index (χ1) is 14.3. The van der Waals surface area contributed by atoms with Gasteiger partial charge in [-0.15, -0.1) is 0 Å². The van der Waals surface area contributed by atoms with E-state index in [0.717, 1.165) is 10.7 Å². The first kappa shape index (κ1) is 22.2. The van der Waals surface area contributed by atoms with Crippen LogP contribution in [-0.2, 0) is 18.4 Å². The fourth-order valence-electron chi connectivity index (χ4n) is 2.72. The minimum atomic E-state index is -0.140. The second-order valence-corrected chi connectivity index (χ2v) is 8.40. The molecule has 0 spiro atoms. The number of imidazole rings is 1. The molecular formula is C21H20Cl2N4O2S. The van der Waals surface area contributed by atoms with Crippen molar-refractivity contribution >= 4 is 52.5 Å². The topological polar surface area (TPSA) is 67.2 Å². The number of benzene rings is 2. The molecule has 0 saturated carbocycles. The number of nitrogens with zero attached hydrogens (tertiary/aromatic N) is 3. The fourth-order valence-corrected chi connectivity index (χ4v) is 3.77. The number of halogens is 2. The van der Waals surface area contributed by atoms with E-state index in [4.69, 9.17) is 23.2 Å². The minimum absolute atomic E-state index is 0.135. The number of thioether (sulfide) groups is 1. The maximum Gasteiger partial charge on any atom is 0.253 e. The number of hydrogen-bond donors (Lipinski definition) is 1. The summed E-state index contributed by atoms with van der Waals surface area (Å²) in [5.41, 5.74) is 2.04. The Kier molecular flexibility index (Phi) is 7.42. The Hall–Kier alpha value is -2.48. The van der Waals surface area contributed by atoms with Crippen LogP contribution in [0, 0.1) is 0 Å². The SMILES string of the molecule is CN(Cc1ccc(Cl)c(Cl)c1)C(=O)c1ccc(NC(=O)CSc2nccn2C)cc1. The molecule has 0 radical (unpaired) electrons. The average molecular weight is 463 g/mol. The summed E-state index contributed by atoms with van der Waals surface area (Å²) in [4.78, 5) is 30.6. The number of aromatic nitrogens is 2. The van der Waals surface area contributed by atoms with Gasteiger partial charge >= 0.3 is 0 Å². The number of amides is 2. The zero-order valence-corrected chi connectivity index (χ0v) is 18.8. The molecule has 3 rings (SSSR count). The molecule has 0 atom stereocenters. The number of rotatable bonds is 7. The highest BCUT2D eigenvalue weighted by Gasteiger charge is 2.13. The molecule has 1 N–H and O–H groups in total. The van der Waals surface area contributed by atoms with Gasteiger partial charge in [-0.05, 0) is 42.0 Å². The van der Waals surface area contributed by atoms with Gasteiger partial charge in [-0.2, -0.15) is 0 Å². The normalized spacial score (nSPS) is 10.7. The Morgan fingerprint density at radius 1 is 1.13 bits per heavy atom. The summed E-state index contributed by atoms with van der Waals surface area (Å²) in [6, 6.07) is 12.1. The smallest absolute Gasteiger partial charge is 0.253 e. The number of nitrogens with one attached hydrogen (secondary N) is 1. The van der Waals surface area contributed by atoms with E-state index in [1.165, 1.54) is 11.8 Å². The van der Waals surface area contributed by atoms with Crippen LogP contribution in [0.2, 0.25) is 10.0 Å². The molecule has 3 aromatic rings. The average Bonchev–Trinajstić information content (AvgIpc) is 3.14. The van der Waals surface area contributed by atoms with E-state index >= 15 is 0 Å². The lowest BCUT2D eigenvalue weighted by Crippen LogP contribution is -2.26. The second-order valence-electron chi connectivity index (χ2n) is 6.64. The van der Waals surface area contributed by atoms with E-state index in [0.29, 0.717) is 27.8 Å². The molecule has 2 amide bonds. The van der Waals surface area contributed by atoms with Gasteiger partial charge in [0.25, 0.3) is 5.91 Å². The highest BCUT2D eigenvalue weighted by Crippen LogP contribution is 2.23. The van der Waals surface area contributed by atoms with Crippen molar-refractivity contribution in [2.75, 3.05) is 18.1 Å². The lowest BCUT2D eigenvalue weighted by atomic mass is 10.1. The summed E-state index contributed by atoms with van der Waals surface area (Å²) < 4.78 is 1.85. The van der Waals surface area contributed by atoms with Crippen molar-refractivity contribution in [1.29, 1.82) is 0 Å². The number of carbonyl (C=O) groups excluding carboxylic acids is 2. The van der Waals surface area contributed by atoms with Gasteiger partial charge in [0.1, 0.15) is 0 Å². The van der Waals surface area contributed by atoms with E-state index in [1.807, 2.05) is 23.9 Å². The predicted octanol–water partition coefficient (Wildman–Crippen LogP) is 4.73. The zero-order chi connectivity index (χ0) is 21.7. The molecule has 0 bridgehead atoms. The van der Waals surface area contributed by atoms with E-state index < -0.39 is 0 Å². The first-order valence-corrected chi connectivity index (χ1v) is 10.8. The third-order valence-corrected chi connectivity index (χ3v) is 6.07. The summed E-state index contributed by atoms with van der Waals surface area (Å²) in [6.45, 7) is 0.401. The summed E-state index contributed by atoms with van der Waals surface area (Å²) in [6.07, 6.45) is 3.52. The van der Waals surface area contributed by atoms with Crippen LogP contribution in [0.5, 0.6) is 0 Å². The van der Waals surface area contributed by atoms with Gasteiger partial charge in [0.2, 0.25) is 5.91 Å². The van der Waals surface area contributed by atoms with Gasteiger partial charge in [-0.25, -0.2) is 4.98 Å². The van der Waals surface area contributed by atoms with Gasteiger partial charge in [0, 0.05) is 44.3 Å². The molecule has 30 heavy (non-hydrogen) atoms. The number of hydrogen-bond acceptors (Lipinski definition) is 4. The van der Waals surface area contributed by atoms with Crippen molar-refractivity contribution in [2.24, 2.45) is 7.05 Å². The molecule has 6 nitrogen and oxygen atoms in total.